The van der Waals surface area contributed by atoms with Gasteiger partial charge < -0.3 is 15.0 Å². The highest BCUT2D eigenvalue weighted by Crippen LogP contribution is 2.29. The lowest BCUT2D eigenvalue weighted by Gasteiger charge is -2.34. The maximum Gasteiger partial charge on any atom is 0.264 e. The molecule has 8 nitrogen and oxygen atoms in total. The monoisotopic (exact) mass is 715 g/mol. The molecule has 0 aromatic heterocycles. The zero-order valence-electron chi connectivity index (χ0n) is 29.7. The average molecular weight is 716 g/mol. The van der Waals surface area contributed by atoms with Crippen LogP contribution in [0, 0.1) is 13.8 Å². The first-order chi connectivity index (χ1) is 25.2. The van der Waals surface area contributed by atoms with Crippen molar-refractivity contribution in [3.05, 3.63) is 156 Å². The molecule has 1 aliphatic rings. The predicted molar refractivity (Wildman–Crippen MR) is 205 cm³/mol. The lowest BCUT2D eigenvalue weighted by Crippen LogP contribution is -2.54. The lowest BCUT2D eigenvalue weighted by atomic mass is 10.0. The van der Waals surface area contributed by atoms with Crippen LogP contribution in [0.25, 0.3) is 0 Å². The van der Waals surface area contributed by atoms with E-state index in [0.717, 1.165) is 52.2 Å². The summed E-state index contributed by atoms with van der Waals surface area (Å²) in [7, 11) is -4.23. The second-order valence-electron chi connectivity index (χ2n) is 13.4. The fourth-order valence-electron chi connectivity index (χ4n) is 6.60. The first-order valence-electron chi connectivity index (χ1n) is 17.8. The van der Waals surface area contributed by atoms with Gasteiger partial charge in [-0.2, -0.15) is 0 Å². The highest BCUT2D eigenvalue weighted by molar-refractivity contribution is 7.92. The number of nitrogens with zero attached hydrogens (tertiary/aromatic N) is 2. The Morgan fingerprint density at radius 1 is 0.731 bits per heavy atom. The van der Waals surface area contributed by atoms with Gasteiger partial charge in [0.1, 0.15) is 24.1 Å². The Morgan fingerprint density at radius 3 is 2.00 bits per heavy atom. The molecule has 0 radical (unpaired) electrons. The van der Waals surface area contributed by atoms with Crippen LogP contribution >= 0.6 is 0 Å². The van der Waals surface area contributed by atoms with E-state index >= 15 is 0 Å². The molecule has 1 aliphatic carbocycles. The molecule has 0 heterocycles. The Bertz CT molecular complexity index is 2050. The molecule has 0 unspecified atom stereocenters. The van der Waals surface area contributed by atoms with Crippen molar-refractivity contribution in [2.24, 2.45) is 0 Å². The van der Waals surface area contributed by atoms with E-state index < -0.39 is 28.5 Å². The molecule has 1 atom stereocenters. The van der Waals surface area contributed by atoms with Crippen LogP contribution < -0.4 is 14.4 Å². The number of hydrogen-bond donors (Lipinski definition) is 1. The summed E-state index contributed by atoms with van der Waals surface area (Å²) in [4.78, 5) is 30.7. The quantitative estimate of drug-likeness (QED) is 0.126. The number of benzene rings is 5. The zero-order chi connectivity index (χ0) is 36.5. The molecule has 5 aromatic rings. The molecule has 52 heavy (non-hydrogen) atoms. The second-order valence-corrected chi connectivity index (χ2v) is 15.3. The summed E-state index contributed by atoms with van der Waals surface area (Å²) >= 11 is 0. The van der Waals surface area contributed by atoms with Crippen molar-refractivity contribution in [2.75, 3.05) is 10.8 Å². The molecule has 1 fully saturated rings. The number of sulfonamides is 1. The number of carbonyl (C=O) groups is 2. The number of aryl methyl sites for hydroxylation is 2. The Kier molecular flexibility index (Phi) is 11.7. The van der Waals surface area contributed by atoms with Crippen LogP contribution in [0.3, 0.4) is 0 Å². The van der Waals surface area contributed by atoms with E-state index in [9.17, 15) is 18.0 Å². The van der Waals surface area contributed by atoms with Crippen molar-refractivity contribution in [1.29, 1.82) is 0 Å². The largest absolute Gasteiger partial charge is 0.457 e. The molecule has 6 rings (SSSR count). The van der Waals surface area contributed by atoms with Gasteiger partial charge in [0.05, 0.1) is 10.6 Å². The number of nitrogens with one attached hydrogen (secondary N) is 1. The molecule has 2 amide bonds. The summed E-state index contributed by atoms with van der Waals surface area (Å²) < 4.78 is 36.0. The standard InChI is InChI=1S/C43H45N3O5S/c1-32-20-26-40(27-21-32)52(49,50)46(37-22-24-39(25-23-37)51-38-18-7-4-8-19-38)31-42(47)45(30-35-15-11-12-33(2)28-35)41(29-34-13-5-3-6-14-34)43(48)44-36-16-9-10-17-36/h3-8,11-15,18-28,36,41H,9-10,16-17,29-31H2,1-2H3,(H,44,48)/t41-/m0/s1. The van der Waals surface area contributed by atoms with Crippen LogP contribution in [0.4, 0.5) is 5.69 Å². The van der Waals surface area contributed by atoms with Gasteiger partial charge in [0, 0.05) is 19.0 Å². The van der Waals surface area contributed by atoms with Gasteiger partial charge in [-0.05, 0) is 86.3 Å². The van der Waals surface area contributed by atoms with Crippen molar-refractivity contribution in [1.82, 2.24) is 10.2 Å². The highest BCUT2D eigenvalue weighted by Gasteiger charge is 2.35. The summed E-state index contributed by atoms with van der Waals surface area (Å²) in [5, 5.41) is 3.23. The Morgan fingerprint density at radius 2 is 1.35 bits per heavy atom. The van der Waals surface area contributed by atoms with E-state index in [4.69, 9.17) is 4.74 Å². The van der Waals surface area contributed by atoms with Crippen molar-refractivity contribution in [2.45, 2.75) is 69.5 Å². The minimum atomic E-state index is -4.23. The van der Waals surface area contributed by atoms with Crippen molar-refractivity contribution >= 4 is 27.5 Å². The smallest absolute Gasteiger partial charge is 0.264 e. The first-order valence-corrected chi connectivity index (χ1v) is 19.2. The minimum Gasteiger partial charge on any atom is -0.457 e. The van der Waals surface area contributed by atoms with E-state index in [1.807, 2.05) is 98.8 Å². The molecule has 0 spiro atoms. The van der Waals surface area contributed by atoms with Crippen LogP contribution in [0.1, 0.15) is 47.9 Å². The van der Waals surface area contributed by atoms with E-state index in [1.165, 1.54) is 0 Å². The van der Waals surface area contributed by atoms with Gasteiger partial charge in [0.2, 0.25) is 11.8 Å². The predicted octanol–water partition coefficient (Wildman–Crippen LogP) is 7.99. The highest BCUT2D eigenvalue weighted by atomic mass is 32.2. The van der Waals surface area contributed by atoms with Crippen molar-refractivity contribution in [3.8, 4) is 11.5 Å². The van der Waals surface area contributed by atoms with Crippen LogP contribution in [0.15, 0.2) is 138 Å². The van der Waals surface area contributed by atoms with Gasteiger partial charge >= 0.3 is 0 Å². The summed E-state index contributed by atoms with van der Waals surface area (Å²) in [5.41, 5.74) is 3.95. The lowest BCUT2D eigenvalue weighted by molar-refractivity contribution is -0.140. The minimum absolute atomic E-state index is 0.0386. The average Bonchev–Trinajstić information content (AvgIpc) is 3.66. The molecule has 0 aliphatic heterocycles. The molecule has 5 aromatic carbocycles. The number of para-hydroxylation sites is 1. The van der Waals surface area contributed by atoms with Gasteiger partial charge in [0.25, 0.3) is 10.0 Å². The maximum atomic E-state index is 14.8. The maximum absolute atomic E-state index is 14.8. The van der Waals surface area contributed by atoms with Crippen molar-refractivity contribution < 1.29 is 22.7 Å². The van der Waals surface area contributed by atoms with Gasteiger partial charge in [0.15, 0.2) is 0 Å². The fraction of sp³-hybridized carbons (Fsp3) is 0.256. The SMILES string of the molecule is Cc1ccc(S(=O)(=O)N(CC(=O)N(Cc2cccc(C)c2)[C@@H](Cc2ccccc2)C(=O)NC2CCCC2)c2ccc(Oc3ccccc3)cc2)cc1. The molecule has 268 valence electrons. The Labute approximate surface area is 307 Å². The van der Waals surface area contributed by atoms with E-state index in [1.54, 1.807) is 53.4 Å². The van der Waals surface area contributed by atoms with Gasteiger partial charge in [-0.15, -0.1) is 0 Å². The molecule has 9 heteroatoms. The third kappa shape index (κ3) is 9.27. The fourth-order valence-corrected chi connectivity index (χ4v) is 8.01. The van der Waals surface area contributed by atoms with Gasteiger partial charge in [-0.1, -0.05) is 109 Å². The van der Waals surface area contributed by atoms with Crippen molar-refractivity contribution in [3.63, 3.8) is 0 Å². The third-order valence-electron chi connectivity index (χ3n) is 9.40. The van der Waals surface area contributed by atoms with Gasteiger partial charge in [-0.25, -0.2) is 8.42 Å². The molecule has 1 saturated carbocycles. The number of hydrogen-bond acceptors (Lipinski definition) is 5. The number of ether oxygens (including phenoxy) is 1. The van der Waals surface area contributed by atoms with E-state index in [0.29, 0.717) is 17.2 Å². The first kappa shape index (κ1) is 36.4. The van der Waals surface area contributed by atoms with Crippen LogP contribution in [-0.4, -0.2) is 43.8 Å². The summed E-state index contributed by atoms with van der Waals surface area (Å²) in [6, 6.07) is 39.1. The number of carbonyl (C=O) groups excluding carboxylic acids is 2. The second kappa shape index (κ2) is 16.7. The molecule has 1 N–H and O–H groups in total. The zero-order valence-corrected chi connectivity index (χ0v) is 30.5. The molecule has 0 saturated heterocycles. The Balaban J connectivity index is 1.39. The molecular weight excluding hydrogens is 671 g/mol. The molecular formula is C43H45N3O5S. The van der Waals surface area contributed by atoms with Crippen LogP contribution in [0.5, 0.6) is 11.5 Å². The number of rotatable bonds is 14. The van der Waals surface area contributed by atoms with Gasteiger partial charge in [-0.3, -0.25) is 13.9 Å². The normalized spacial score (nSPS) is 13.7. The number of anilines is 1. The summed E-state index contributed by atoms with van der Waals surface area (Å²) in [5.74, 6) is 0.416. The number of amides is 2. The summed E-state index contributed by atoms with van der Waals surface area (Å²) in [6.07, 6.45) is 4.14. The van der Waals surface area contributed by atoms with E-state index in [-0.39, 0.29) is 29.8 Å². The van der Waals surface area contributed by atoms with Crippen LogP contribution in [0.2, 0.25) is 0 Å². The van der Waals surface area contributed by atoms with E-state index in [2.05, 4.69) is 5.32 Å². The Hall–Kier alpha value is -5.41. The topological polar surface area (TPSA) is 96.0 Å². The van der Waals surface area contributed by atoms with Crippen LogP contribution in [-0.2, 0) is 32.6 Å². The third-order valence-corrected chi connectivity index (χ3v) is 11.2. The molecule has 0 bridgehead atoms. The summed E-state index contributed by atoms with van der Waals surface area (Å²) in [6.45, 7) is 3.46.